The number of rotatable bonds is 1. The molecule has 0 aromatic heterocycles. The van der Waals surface area contributed by atoms with Crippen LogP contribution in [0.3, 0.4) is 0 Å². The number of piperazine rings is 1. The molecule has 2 nitrogen and oxygen atoms in total. The lowest BCUT2D eigenvalue weighted by Crippen LogP contribution is -2.48. The predicted octanol–water partition coefficient (Wildman–Crippen LogP) is 2.13. The van der Waals surface area contributed by atoms with Gasteiger partial charge in [-0.3, -0.25) is 0 Å². The topological polar surface area (TPSA) is 15.3 Å². The third-order valence-corrected chi connectivity index (χ3v) is 2.63. The third kappa shape index (κ3) is 5.24. The summed E-state index contributed by atoms with van der Waals surface area (Å²) in [5, 5.41) is 3.40. The zero-order chi connectivity index (χ0) is 11.8. The number of nitrogens with one attached hydrogen (secondary N) is 1. The van der Waals surface area contributed by atoms with Gasteiger partial charge in [-0.2, -0.15) is 0 Å². The van der Waals surface area contributed by atoms with E-state index in [-0.39, 0.29) is 5.82 Å². The van der Waals surface area contributed by atoms with Crippen LogP contribution in [-0.2, 0) is 0 Å². The normalized spacial score (nSPS) is 21.1. The fourth-order valence-electron chi connectivity index (χ4n) is 1.71. The number of likely N-dealkylation sites (N-methyl/N-ethyl adjacent to an activating group) is 1. The van der Waals surface area contributed by atoms with Gasteiger partial charge < -0.3 is 10.2 Å². The maximum absolute atomic E-state index is 11.9. The summed E-state index contributed by atoms with van der Waals surface area (Å²) in [7, 11) is 0. The average molecular weight is 224 g/mol. The van der Waals surface area contributed by atoms with E-state index in [2.05, 4.69) is 24.1 Å². The van der Waals surface area contributed by atoms with E-state index in [1.54, 1.807) is 18.2 Å². The second kappa shape index (κ2) is 7.36. The molecular weight excluding hydrogens is 203 g/mol. The van der Waals surface area contributed by atoms with Crippen molar-refractivity contribution in [3.63, 3.8) is 0 Å². The number of nitrogens with zero attached hydrogens (tertiary/aromatic N) is 1. The Morgan fingerprint density at radius 2 is 2.06 bits per heavy atom. The molecule has 0 bridgehead atoms. The van der Waals surface area contributed by atoms with Gasteiger partial charge in [0, 0.05) is 25.7 Å². The summed E-state index contributed by atoms with van der Waals surface area (Å²) in [6, 6.07) is 8.63. The van der Waals surface area contributed by atoms with Crippen LogP contribution in [0.2, 0.25) is 0 Å². The van der Waals surface area contributed by atoms with Crippen molar-refractivity contribution in [1.82, 2.24) is 10.2 Å². The maximum Gasteiger partial charge on any atom is 0.123 e. The highest BCUT2D eigenvalue weighted by atomic mass is 19.1. The van der Waals surface area contributed by atoms with E-state index in [4.69, 9.17) is 0 Å². The highest BCUT2D eigenvalue weighted by Crippen LogP contribution is 1.96. The third-order valence-electron chi connectivity index (χ3n) is 2.63. The van der Waals surface area contributed by atoms with Gasteiger partial charge in [-0.15, -0.1) is 0 Å². The zero-order valence-electron chi connectivity index (χ0n) is 10.1. The van der Waals surface area contributed by atoms with Crippen LogP contribution in [0.5, 0.6) is 0 Å². The van der Waals surface area contributed by atoms with Gasteiger partial charge in [0.15, 0.2) is 0 Å². The molecule has 0 spiro atoms. The Kier molecular flexibility index (Phi) is 6.04. The monoisotopic (exact) mass is 224 g/mol. The number of benzene rings is 1. The van der Waals surface area contributed by atoms with E-state index in [1.165, 1.54) is 31.8 Å². The van der Waals surface area contributed by atoms with Crippen molar-refractivity contribution >= 4 is 0 Å². The van der Waals surface area contributed by atoms with Crippen LogP contribution < -0.4 is 5.32 Å². The van der Waals surface area contributed by atoms with Crippen molar-refractivity contribution < 1.29 is 4.39 Å². The molecule has 0 saturated carbocycles. The first-order valence-corrected chi connectivity index (χ1v) is 5.88. The van der Waals surface area contributed by atoms with Crippen molar-refractivity contribution in [1.29, 1.82) is 0 Å². The molecule has 0 radical (unpaired) electrons. The Labute approximate surface area is 97.5 Å². The molecule has 1 aliphatic heterocycles. The Morgan fingerprint density at radius 1 is 1.38 bits per heavy atom. The van der Waals surface area contributed by atoms with Gasteiger partial charge in [0.2, 0.25) is 0 Å². The average Bonchev–Trinajstić information content (AvgIpc) is 2.31. The summed E-state index contributed by atoms with van der Waals surface area (Å²) in [5.41, 5.74) is 0. The minimum atomic E-state index is -0.178. The van der Waals surface area contributed by atoms with Gasteiger partial charge in [-0.05, 0) is 25.6 Å². The first-order valence-electron chi connectivity index (χ1n) is 5.88. The van der Waals surface area contributed by atoms with E-state index in [1.807, 2.05) is 0 Å². The first kappa shape index (κ1) is 13.1. The van der Waals surface area contributed by atoms with Crippen molar-refractivity contribution in [2.45, 2.75) is 19.9 Å². The van der Waals surface area contributed by atoms with E-state index in [0.29, 0.717) is 6.04 Å². The summed E-state index contributed by atoms with van der Waals surface area (Å²) in [4.78, 5) is 2.47. The molecule has 0 aliphatic carbocycles. The van der Waals surface area contributed by atoms with Crippen molar-refractivity contribution in [2.24, 2.45) is 0 Å². The molecule has 3 heteroatoms. The SMILES string of the molecule is CCN1CCNC(C)C1.Fc1ccccc1. The summed E-state index contributed by atoms with van der Waals surface area (Å²) in [5.74, 6) is -0.178. The number of halogens is 1. The minimum absolute atomic E-state index is 0.178. The quantitative estimate of drug-likeness (QED) is 0.786. The first-order chi connectivity index (χ1) is 7.72. The molecule has 0 amide bonds. The van der Waals surface area contributed by atoms with Crippen molar-refractivity contribution in [3.05, 3.63) is 36.1 Å². The van der Waals surface area contributed by atoms with Crippen LogP contribution in [0.1, 0.15) is 13.8 Å². The molecule has 1 N–H and O–H groups in total. The maximum atomic E-state index is 11.9. The van der Waals surface area contributed by atoms with Gasteiger partial charge in [-0.1, -0.05) is 25.1 Å². The molecule has 1 aromatic rings. The highest BCUT2D eigenvalue weighted by Gasteiger charge is 2.12. The number of hydrogen-bond donors (Lipinski definition) is 1. The van der Waals surface area contributed by atoms with Crippen LogP contribution in [0.4, 0.5) is 4.39 Å². The molecule has 1 atom stereocenters. The fraction of sp³-hybridized carbons (Fsp3) is 0.538. The summed E-state index contributed by atoms with van der Waals surface area (Å²) >= 11 is 0. The Hall–Kier alpha value is -0.930. The van der Waals surface area contributed by atoms with E-state index in [9.17, 15) is 4.39 Å². The molecular formula is C13H21FN2. The van der Waals surface area contributed by atoms with Crippen molar-refractivity contribution in [3.8, 4) is 0 Å². The van der Waals surface area contributed by atoms with Gasteiger partial charge >= 0.3 is 0 Å². The summed E-state index contributed by atoms with van der Waals surface area (Å²) in [6.07, 6.45) is 0. The largest absolute Gasteiger partial charge is 0.312 e. The molecule has 90 valence electrons. The Bertz CT molecular complexity index is 277. The van der Waals surface area contributed by atoms with Crippen LogP contribution in [0, 0.1) is 5.82 Å². The summed E-state index contributed by atoms with van der Waals surface area (Å²) in [6.45, 7) is 9.26. The Balaban J connectivity index is 0.000000165. The molecule has 1 saturated heterocycles. The number of hydrogen-bond acceptors (Lipinski definition) is 2. The van der Waals surface area contributed by atoms with Crippen molar-refractivity contribution in [2.75, 3.05) is 26.2 Å². The van der Waals surface area contributed by atoms with E-state index >= 15 is 0 Å². The molecule has 1 unspecified atom stereocenters. The van der Waals surface area contributed by atoms with E-state index in [0.717, 1.165) is 6.54 Å². The molecule has 1 heterocycles. The van der Waals surface area contributed by atoms with Crippen LogP contribution in [0.25, 0.3) is 0 Å². The predicted molar refractivity (Wildman–Crippen MR) is 66.0 cm³/mol. The lowest BCUT2D eigenvalue weighted by atomic mass is 10.2. The zero-order valence-corrected chi connectivity index (χ0v) is 10.1. The standard InChI is InChI=1S/C7H16N2.C6H5F/c1-3-9-5-4-8-7(2)6-9;7-6-4-2-1-3-5-6/h7-8H,3-6H2,1-2H3;1-5H. The van der Waals surface area contributed by atoms with E-state index < -0.39 is 0 Å². The second-order valence-electron chi connectivity index (χ2n) is 4.04. The van der Waals surface area contributed by atoms with Gasteiger partial charge in [0.25, 0.3) is 0 Å². The smallest absolute Gasteiger partial charge is 0.123 e. The molecule has 16 heavy (non-hydrogen) atoms. The lowest BCUT2D eigenvalue weighted by Gasteiger charge is -2.30. The van der Waals surface area contributed by atoms with Gasteiger partial charge in [0.1, 0.15) is 5.82 Å². The molecule has 2 rings (SSSR count). The molecule has 1 fully saturated rings. The minimum Gasteiger partial charge on any atom is -0.312 e. The van der Waals surface area contributed by atoms with Crippen LogP contribution in [-0.4, -0.2) is 37.1 Å². The highest BCUT2D eigenvalue weighted by molar-refractivity contribution is 5.02. The van der Waals surface area contributed by atoms with Gasteiger partial charge in [0.05, 0.1) is 0 Å². The second-order valence-corrected chi connectivity index (χ2v) is 4.04. The molecule has 1 aromatic carbocycles. The summed E-state index contributed by atoms with van der Waals surface area (Å²) < 4.78 is 11.9. The molecule has 1 aliphatic rings. The van der Waals surface area contributed by atoms with Gasteiger partial charge in [-0.25, -0.2) is 4.39 Å². The fourth-order valence-corrected chi connectivity index (χ4v) is 1.71. The lowest BCUT2D eigenvalue weighted by molar-refractivity contribution is 0.217. The van der Waals surface area contributed by atoms with Crippen LogP contribution in [0.15, 0.2) is 30.3 Å². The Morgan fingerprint density at radius 3 is 2.44 bits per heavy atom. The van der Waals surface area contributed by atoms with Crippen LogP contribution >= 0.6 is 0 Å².